The van der Waals surface area contributed by atoms with Crippen molar-refractivity contribution in [2.75, 3.05) is 0 Å². The molecule has 0 aliphatic heterocycles. The first-order valence-electron chi connectivity index (χ1n) is 45.8. The van der Waals surface area contributed by atoms with E-state index in [-0.39, 0.29) is 0 Å². The average Bonchev–Trinajstić information content (AvgIpc) is 1.65. The molecule has 0 bridgehead atoms. The molecule has 22 heteroatoms. The first-order valence-corrected chi connectivity index (χ1v) is 45.8. The van der Waals surface area contributed by atoms with Gasteiger partial charge < -0.3 is 13.5 Å². The molecular weight excluding hydrogens is 1610 g/mol. The zero-order valence-corrected chi connectivity index (χ0v) is 84.7. The van der Waals surface area contributed by atoms with Gasteiger partial charge in [-0.3, -0.25) is 48.7 Å². The Morgan fingerprint density at radius 2 is 0.631 bits per heavy atom. The Bertz CT molecular complexity index is 5510. The summed E-state index contributed by atoms with van der Waals surface area (Å²) in [5.41, 5.74) is 24.1. The van der Waals surface area contributed by atoms with Crippen molar-refractivity contribution in [3.8, 4) is 0 Å². The number of para-hydroxylation sites is 4. The molecule has 18 heterocycles. The topological polar surface area (TPSA) is 242 Å². The number of pyridine rings is 11. The first kappa shape index (κ1) is 114. The Hall–Kier alpha value is -13.9. The fraction of sp³-hybridized carbons (Fsp3) is 0.324. The first-order chi connectivity index (χ1) is 63.3. The normalized spacial score (nSPS) is 9.35. The van der Waals surface area contributed by atoms with E-state index in [1.807, 2.05) is 407 Å². The highest BCUT2D eigenvalue weighted by Crippen LogP contribution is 2.19. The Morgan fingerprint density at radius 3 is 1.12 bits per heavy atom. The van der Waals surface area contributed by atoms with Crippen LogP contribution in [0.2, 0.25) is 0 Å². The number of nitrogens with zero attached hydrogens (tertiary/aromatic N) is 22. The van der Waals surface area contributed by atoms with E-state index in [0.717, 1.165) is 123 Å². The summed E-state index contributed by atoms with van der Waals surface area (Å²) in [6, 6.07) is 49.7. The van der Waals surface area contributed by atoms with E-state index >= 15 is 0 Å². The summed E-state index contributed by atoms with van der Waals surface area (Å²) in [5, 5.41) is 4.56. The van der Waals surface area contributed by atoms with Gasteiger partial charge in [0.2, 0.25) is 11.6 Å². The van der Waals surface area contributed by atoms with Crippen LogP contribution in [0.3, 0.4) is 0 Å². The van der Waals surface area contributed by atoms with Gasteiger partial charge in [0.05, 0.1) is 72.9 Å². The highest BCUT2D eigenvalue weighted by molar-refractivity contribution is 5.83. The molecule has 0 spiro atoms. The number of rotatable bonds is 0. The van der Waals surface area contributed by atoms with E-state index in [2.05, 4.69) is 138 Å². The molecule has 0 aliphatic carbocycles. The molecule has 0 radical (unpaired) electrons. The van der Waals surface area contributed by atoms with Gasteiger partial charge in [0, 0.05) is 158 Å². The molecule has 0 unspecified atom stereocenters. The third-order valence-corrected chi connectivity index (χ3v) is 18.4. The quantitative estimate of drug-likeness (QED) is 0.137. The summed E-state index contributed by atoms with van der Waals surface area (Å²) in [5.74, 6) is 3.68. The van der Waals surface area contributed by atoms with E-state index in [1.54, 1.807) is 68.2 Å². The molecule has 0 aliphatic rings. The lowest BCUT2D eigenvalue weighted by molar-refractivity contribution is 0.886. The second-order valence-corrected chi connectivity index (χ2v) is 25.8. The lowest BCUT2D eigenvalue weighted by Crippen LogP contribution is -1.89. The van der Waals surface area contributed by atoms with Gasteiger partial charge in [-0.1, -0.05) is 169 Å². The van der Waals surface area contributed by atoms with Crippen molar-refractivity contribution >= 4 is 94.0 Å². The molecule has 690 valence electrons. The molecule has 18 aromatic heterocycles. The number of benzene rings is 2. The smallest absolute Gasteiger partial charge is 0.234 e. The molecule has 0 fully saturated rings. The van der Waals surface area contributed by atoms with Crippen LogP contribution in [0.4, 0.5) is 0 Å². The molecule has 20 rings (SSSR count). The van der Waals surface area contributed by atoms with Gasteiger partial charge in [0.15, 0.2) is 5.65 Å². The van der Waals surface area contributed by atoms with Crippen LogP contribution in [0.15, 0.2) is 263 Å². The summed E-state index contributed by atoms with van der Waals surface area (Å²) in [6.45, 7) is 66.4. The Balaban J connectivity index is 0.000000706. The van der Waals surface area contributed by atoms with E-state index in [9.17, 15) is 0 Å². The largest absolute Gasteiger partial charge is 0.331 e. The van der Waals surface area contributed by atoms with Crippen LogP contribution in [-0.4, -0.2) is 107 Å². The van der Waals surface area contributed by atoms with E-state index in [1.165, 1.54) is 44.4 Å². The van der Waals surface area contributed by atoms with E-state index < -0.39 is 0 Å². The Kier molecular flexibility index (Phi) is 57.6. The van der Waals surface area contributed by atoms with Crippen molar-refractivity contribution in [2.45, 2.75) is 228 Å². The third kappa shape index (κ3) is 34.4. The second kappa shape index (κ2) is 65.6. The van der Waals surface area contributed by atoms with E-state index in [0.29, 0.717) is 0 Å². The number of aryl methyl sites for hydroxylation is 15. The van der Waals surface area contributed by atoms with Crippen molar-refractivity contribution in [1.82, 2.24) is 107 Å². The monoisotopic (exact) mass is 1750 g/mol. The van der Waals surface area contributed by atoms with Crippen LogP contribution < -0.4 is 0 Å². The predicted molar refractivity (Wildman–Crippen MR) is 555 cm³/mol. The molecule has 0 N–H and O–H groups in total. The molecule has 0 amide bonds. The van der Waals surface area contributed by atoms with Gasteiger partial charge in [-0.05, 0) is 239 Å². The van der Waals surface area contributed by atoms with Gasteiger partial charge in [0.1, 0.15) is 17.3 Å². The van der Waals surface area contributed by atoms with Crippen molar-refractivity contribution in [2.24, 2.45) is 14.1 Å². The lowest BCUT2D eigenvalue weighted by atomic mass is 10.2. The zero-order chi connectivity index (χ0) is 97.6. The number of hydrogen-bond donors (Lipinski definition) is 0. The number of aromatic nitrogens is 22. The van der Waals surface area contributed by atoms with Crippen LogP contribution in [0.5, 0.6) is 0 Å². The molecule has 2 aromatic carbocycles. The minimum absolute atomic E-state index is 0.780. The lowest BCUT2D eigenvalue weighted by Gasteiger charge is -1.97. The predicted octanol–water partition coefficient (Wildman–Crippen LogP) is 28.4. The summed E-state index contributed by atoms with van der Waals surface area (Å²) >= 11 is 0. The van der Waals surface area contributed by atoms with Crippen molar-refractivity contribution in [3.05, 3.63) is 337 Å². The van der Waals surface area contributed by atoms with Gasteiger partial charge in [0.25, 0.3) is 0 Å². The molecule has 130 heavy (non-hydrogen) atoms. The minimum atomic E-state index is 0.780. The maximum absolute atomic E-state index is 4.38. The third-order valence-electron chi connectivity index (χ3n) is 18.4. The highest BCUT2D eigenvalue weighted by atomic mass is 15.1. The average molecular weight is 1750 g/mol. The molecule has 0 saturated heterocycles. The van der Waals surface area contributed by atoms with Gasteiger partial charge in [-0.2, -0.15) is 0 Å². The van der Waals surface area contributed by atoms with Crippen LogP contribution in [0.25, 0.3) is 94.0 Å². The van der Waals surface area contributed by atoms with Crippen molar-refractivity contribution in [3.63, 3.8) is 0 Å². The van der Waals surface area contributed by atoms with Crippen LogP contribution in [-0.2, 0) is 14.1 Å². The molecule has 0 saturated carbocycles. The van der Waals surface area contributed by atoms with Gasteiger partial charge in [-0.25, -0.2) is 44.9 Å². The number of imidazole rings is 5. The molecule has 0 atom stereocenters. The standard InChI is InChI=1S/3C9H10N2.5C9H8N2.2C8H9N3.10C2H6/c2*1-7-10-8-5-3-4-6-9(8)11(7)2;1-7-8(2)11-6-4-3-5-9(11)10-7;1-7-2-5-11-9-3-4-10-6-8(7)9;1-7-2-5-11-9-6-10-4-3-8(7)9;1-7-4-6-10-8-3-2-5-11-9(7)8;1-7-4-6-11-9-8(7)3-2-5-10-9;1-7-5-10-6-8-3-2-4-11-9(7)8;2*1-6-7(2)11-5-3-4-9-8(11)10-6;10*1-2/h3*3-6H,1-2H3;5*2-6H,1H3;2*3-5H,1-2H3;10*1-2H3. The fourth-order valence-electron chi connectivity index (χ4n) is 11.6. The molecule has 22 nitrogen and oxygen atoms in total. The number of fused-ring (bicyclic) bond motifs is 10. The second-order valence-electron chi connectivity index (χ2n) is 25.8. The fourth-order valence-corrected chi connectivity index (χ4v) is 11.6. The Labute approximate surface area is 776 Å². The summed E-state index contributed by atoms with van der Waals surface area (Å²) < 4.78 is 10.2. The summed E-state index contributed by atoms with van der Waals surface area (Å²) in [7, 11) is 4.06. The highest BCUT2D eigenvalue weighted by Gasteiger charge is 2.07. The Morgan fingerprint density at radius 1 is 0.231 bits per heavy atom. The maximum Gasteiger partial charge on any atom is 0.234 e. The molecule has 20 aromatic rings. The van der Waals surface area contributed by atoms with Crippen molar-refractivity contribution in [1.29, 1.82) is 0 Å². The van der Waals surface area contributed by atoms with Gasteiger partial charge >= 0.3 is 0 Å². The number of hydrogen-bond acceptors (Lipinski definition) is 17. The maximum atomic E-state index is 4.38. The minimum Gasteiger partial charge on any atom is -0.331 e. The summed E-state index contributed by atoms with van der Waals surface area (Å²) in [6.07, 6.45) is 32.9. The summed E-state index contributed by atoms with van der Waals surface area (Å²) in [4.78, 5) is 71.3. The van der Waals surface area contributed by atoms with Crippen LogP contribution in [0.1, 0.15) is 212 Å². The van der Waals surface area contributed by atoms with Crippen LogP contribution in [0, 0.1) is 90.0 Å². The van der Waals surface area contributed by atoms with Crippen LogP contribution >= 0.6 is 0 Å². The van der Waals surface area contributed by atoms with Gasteiger partial charge in [-0.15, -0.1) is 0 Å². The SMILES string of the molecule is CC.CC.CC.CC.CC.CC.CC.CC.CC.CC.Cc1ccnc2cccnc12.Cc1ccnc2ccncc12.Cc1ccnc2cnccc12.Cc1ccnc2ncccc12.Cc1cncc2cccnc12.Cc1nc2ccccc2n1C.Cc1nc2ccccc2n1C.Cc1nc2ccccn2c1C.Cc1nc2ncccn2c1C.Cc1nc2ncccn2c1C. The zero-order valence-electron chi connectivity index (χ0n) is 84.7. The van der Waals surface area contributed by atoms with E-state index in [4.69, 9.17) is 0 Å². The van der Waals surface area contributed by atoms with Crippen molar-refractivity contribution < 1.29 is 0 Å². The molecular formula is C108H148N22.